The van der Waals surface area contributed by atoms with E-state index in [2.05, 4.69) is 252 Å². The van der Waals surface area contributed by atoms with E-state index in [0.29, 0.717) is 0 Å². The Morgan fingerprint density at radius 3 is 1.62 bits per heavy atom. The summed E-state index contributed by atoms with van der Waals surface area (Å²) in [6.07, 6.45) is 0. The lowest BCUT2D eigenvalue weighted by Crippen LogP contribution is -2.10. The third kappa shape index (κ3) is 6.32. The molecule has 0 radical (unpaired) electrons. The summed E-state index contributed by atoms with van der Waals surface area (Å²) in [6.45, 7) is 0. The fraction of sp³-hybridized carbons (Fsp3) is 0. The van der Waals surface area contributed by atoms with Crippen molar-refractivity contribution in [1.82, 2.24) is 4.57 Å². The van der Waals surface area contributed by atoms with Gasteiger partial charge < -0.3 is 9.47 Å². The Hall–Kier alpha value is -7.94. The maximum Gasteiger partial charge on any atom is 0.0547 e. The van der Waals surface area contributed by atoms with Crippen molar-refractivity contribution in [3.05, 3.63) is 243 Å². The van der Waals surface area contributed by atoms with Gasteiger partial charge in [-0.25, -0.2) is 0 Å². The lowest BCUT2D eigenvalue weighted by molar-refractivity contribution is 1.18. The number of fused-ring (bicyclic) bond motifs is 4. The van der Waals surface area contributed by atoms with Crippen LogP contribution in [0.5, 0.6) is 0 Å². The van der Waals surface area contributed by atoms with Gasteiger partial charge in [0.25, 0.3) is 0 Å². The van der Waals surface area contributed by atoms with Crippen molar-refractivity contribution in [3.8, 4) is 50.2 Å². The van der Waals surface area contributed by atoms with Crippen molar-refractivity contribution in [3.63, 3.8) is 0 Å². The van der Waals surface area contributed by atoms with Crippen LogP contribution in [0.3, 0.4) is 0 Å². The molecule has 282 valence electrons. The normalized spacial score (nSPS) is 11.3. The number of hydrogen-bond donors (Lipinski definition) is 0. The maximum atomic E-state index is 2.39. The van der Waals surface area contributed by atoms with Crippen molar-refractivity contribution in [1.29, 1.82) is 0 Å². The van der Waals surface area contributed by atoms with E-state index in [1.54, 1.807) is 0 Å². The minimum Gasteiger partial charge on any atom is -0.310 e. The average molecular weight is 765 g/mol. The predicted octanol–water partition coefficient (Wildman–Crippen LogP) is 16.1. The van der Waals surface area contributed by atoms with E-state index < -0.39 is 0 Å². The quantitative estimate of drug-likeness (QED) is 0.150. The summed E-state index contributed by atoms with van der Waals surface area (Å²) in [7, 11) is 0. The minimum absolute atomic E-state index is 1.09. The lowest BCUT2D eigenvalue weighted by Gasteiger charge is -2.27. The minimum atomic E-state index is 1.09. The Morgan fingerprint density at radius 2 is 0.817 bits per heavy atom. The number of benzene rings is 10. The second-order valence-electron chi connectivity index (χ2n) is 15.3. The molecular weight excluding hydrogens is 725 g/mol. The van der Waals surface area contributed by atoms with Crippen molar-refractivity contribution in [2.45, 2.75) is 0 Å². The van der Waals surface area contributed by atoms with E-state index in [-0.39, 0.29) is 0 Å². The molecule has 0 aliphatic carbocycles. The van der Waals surface area contributed by atoms with Crippen LogP contribution in [0.25, 0.3) is 82.8 Å². The zero-order valence-corrected chi connectivity index (χ0v) is 33.0. The van der Waals surface area contributed by atoms with Gasteiger partial charge in [0.15, 0.2) is 0 Å². The van der Waals surface area contributed by atoms with E-state index >= 15 is 0 Å². The average Bonchev–Trinajstić information content (AvgIpc) is 3.67. The van der Waals surface area contributed by atoms with Crippen molar-refractivity contribution < 1.29 is 0 Å². The van der Waals surface area contributed by atoms with Crippen LogP contribution in [0.1, 0.15) is 0 Å². The van der Waals surface area contributed by atoms with Gasteiger partial charge in [0, 0.05) is 33.5 Å². The molecule has 0 spiro atoms. The summed E-state index contributed by atoms with van der Waals surface area (Å²) in [4.78, 5) is 2.39. The standard InChI is InChI=1S/C58H40N2/c1-3-16-41(17-4-1)45-20-13-24-50(39-45)59(49-36-34-43(35-37-49)46-33-32-42-18-7-8-19-44(42)38-46)51-25-14-21-47(40-51)52-26-9-10-27-53(52)54-29-15-31-57-58(54)55-28-11-12-30-56(55)60(57)48-22-5-2-6-23-48/h1-40H. The van der Waals surface area contributed by atoms with E-state index in [1.807, 2.05) is 0 Å². The Bertz CT molecular complexity index is 3310. The summed E-state index contributed by atoms with van der Waals surface area (Å²) in [5.41, 5.74) is 16.4. The van der Waals surface area contributed by atoms with E-state index in [9.17, 15) is 0 Å². The van der Waals surface area contributed by atoms with Crippen LogP contribution in [0, 0.1) is 0 Å². The first kappa shape index (κ1) is 35.2. The van der Waals surface area contributed by atoms with Crippen LogP contribution in [0.4, 0.5) is 17.1 Å². The molecule has 2 nitrogen and oxygen atoms in total. The van der Waals surface area contributed by atoms with Gasteiger partial charge in [0.1, 0.15) is 0 Å². The van der Waals surface area contributed by atoms with Gasteiger partial charge in [0.2, 0.25) is 0 Å². The van der Waals surface area contributed by atoms with Crippen molar-refractivity contribution >= 4 is 49.6 Å². The molecule has 10 aromatic carbocycles. The summed E-state index contributed by atoms with van der Waals surface area (Å²) >= 11 is 0. The molecule has 0 amide bonds. The molecule has 60 heavy (non-hydrogen) atoms. The molecule has 0 N–H and O–H groups in total. The van der Waals surface area contributed by atoms with Crippen LogP contribution in [0.2, 0.25) is 0 Å². The van der Waals surface area contributed by atoms with Crippen LogP contribution in [-0.2, 0) is 0 Å². The maximum absolute atomic E-state index is 2.39. The van der Waals surface area contributed by atoms with Crippen LogP contribution in [0.15, 0.2) is 243 Å². The zero-order chi connectivity index (χ0) is 39.8. The molecule has 2 heteroatoms. The first-order valence-corrected chi connectivity index (χ1v) is 20.6. The number of anilines is 3. The molecule has 0 unspecified atom stereocenters. The van der Waals surface area contributed by atoms with Crippen LogP contribution < -0.4 is 4.90 Å². The Kier molecular flexibility index (Phi) is 8.87. The number of para-hydroxylation sites is 2. The lowest BCUT2D eigenvalue weighted by atomic mass is 9.91. The molecule has 0 saturated carbocycles. The monoisotopic (exact) mass is 764 g/mol. The molecule has 0 fully saturated rings. The topological polar surface area (TPSA) is 8.17 Å². The number of aromatic nitrogens is 1. The highest BCUT2D eigenvalue weighted by Crippen LogP contribution is 2.44. The molecule has 0 aliphatic heterocycles. The molecule has 11 aromatic rings. The van der Waals surface area contributed by atoms with Gasteiger partial charge in [-0.05, 0) is 122 Å². The highest BCUT2D eigenvalue weighted by molar-refractivity contribution is 6.16. The number of hydrogen-bond acceptors (Lipinski definition) is 1. The summed E-state index contributed by atoms with van der Waals surface area (Å²) < 4.78 is 2.39. The summed E-state index contributed by atoms with van der Waals surface area (Å²) in [5, 5.41) is 4.99. The van der Waals surface area contributed by atoms with Crippen LogP contribution >= 0.6 is 0 Å². The molecule has 0 aliphatic rings. The molecule has 0 bridgehead atoms. The third-order valence-electron chi connectivity index (χ3n) is 11.8. The zero-order valence-electron chi connectivity index (χ0n) is 33.0. The molecule has 1 heterocycles. The molecular formula is C58H40N2. The largest absolute Gasteiger partial charge is 0.310 e. The molecule has 1 aromatic heterocycles. The SMILES string of the molecule is c1ccc(-c2cccc(N(c3ccc(-c4ccc5ccccc5c4)cc3)c3cccc(-c4ccccc4-c4cccc5c4c4ccccc4n5-c4ccccc4)c3)c2)cc1. The first-order chi connectivity index (χ1) is 29.8. The highest BCUT2D eigenvalue weighted by atomic mass is 15.1. The third-order valence-corrected chi connectivity index (χ3v) is 11.8. The van der Waals surface area contributed by atoms with Gasteiger partial charge in [-0.2, -0.15) is 0 Å². The van der Waals surface area contributed by atoms with Gasteiger partial charge in [-0.1, -0.05) is 176 Å². The van der Waals surface area contributed by atoms with Gasteiger partial charge in [0.05, 0.1) is 11.0 Å². The smallest absolute Gasteiger partial charge is 0.0547 e. The van der Waals surface area contributed by atoms with E-state index in [1.165, 1.54) is 71.5 Å². The summed E-state index contributed by atoms with van der Waals surface area (Å²) in [5.74, 6) is 0. The fourth-order valence-electron chi connectivity index (χ4n) is 8.96. The second-order valence-corrected chi connectivity index (χ2v) is 15.3. The second kappa shape index (κ2) is 15.1. The molecule has 11 rings (SSSR count). The van der Waals surface area contributed by atoms with E-state index in [4.69, 9.17) is 0 Å². The van der Waals surface area contributed by atoms with Gasteiger partial charge in [-0.15, -0.1) is 0 Å². The summed E-state index contributed by atoms with van der Waals surface area (Å²) in [6, 6.07) is 87.9. The first-order valence-electron chi connectivity index (χ1n) is 20.6. The fourth-order valence-corrected chi connectivity index (χ4v) is 8.96. The van der Waals surface area contributed by atoms with E-state index in [0.717, 1.165) is 28.3 Å². The Balaban J connectivity index is 1.05. The molecule has 0 saturated heterocycles. The van der Waals surface area contributed by atoms with Crippen LogP contribution in [-0.4, -0.2) is 4.57 Å². The Labute approximate surface area is 350 Å². The van der Waals surface area contributed by atoms with Crippen molar-refractivity contribution in [2.75, 3.05) is 4.90 Å². The predicted molar refractivity (Wildman–Crippen MR) is 255 cm³/mol. The number of rotatable bonds is 8. The Morgan fingerprint density at radius 1 is 0.283 bits per heavy atom. The highest BCUT2D eigenvalue weighted by Gasteiger charge is 2.19. The van der Waals surface area contributed by atoms with Gasteiger partial charge in [-0.3, -0.25) is 0 Å². The number of nitrogens with zero attached hydrogens (tertiary/aromatic N) is 2. The van der Waals surface area contributed by atoms with Crippen molar-refractivity contribution in [2.24, 2.45) is 0 Å². The molecule has 0 atom stereocenters. The van der Waals surface area contributed by atoms with Gasteiger partial charge >= 0.3 is 0 Å².